The van der Waals surface area contributed by atoms with Gasteiger partial charge in [0.25, 0.3) is 11.7 Å². The zero-order chi connectivity index (χ0) is 21.0. The molecule has 1 fully saturated rings. The lowest BCUT2D eigenvalue weighted by molar-refractivity contribution is 0.0950. The highest BCUT2D eigenvalue weighted by molar-refractivity contribution is 7.89. The van der Waals surface area contributed by atoms with Gasteiger partial charge in [-0.05, 0) is 38.0 Å². The minimum Gasteiger partial charge on any atom is -0.352 e. The number of aryl methyl sites for hydroxylation is 1. The predicted molar refractivity (Wildman–Crippen MR) is 102 cm³/mol. The maximum Gasteiger partial charge on any atom is 0.329 e. The summed E-state index contributed by atoms with van der Waals surface area (Å²) in [7, 11) is -0.701. The standard InChI is InChI=1S/C17H20N6O5S/c1-17(6-7-17)21-29(26,27)10-4-5-11-12(8-10)22(3)16(25)23(11)9-13-19-14(20-28-13)15(24)18-2/h4-5,8,21H,6-7,9H2,1-3H3,(H,18,24). The molecule has 1 aromatic carbocycles. The molecule has 2 aromatic heterocycles. The van der Waals surface area contributed by atoms with Crippen LogP contribution in [0.1, 0.15) is 36.3 Å². The van der Waals surface area contributed by atoms with Gasteiger partial charge in [0.1, 0.15) is 6.54 Å². The molecule has 0 aliphatic heterocycles. The second-order valence-electron chi connectivity index (χ2n) is 7.34. The monoisotopic (exact) mass is 420 g/mol. The SMILES string of the molecule is CNC(=O)c1noc(Cn2c(=O)n(C)c3cc(S(=O)(=O)NC4(C)CC4)ccc32)n1. The lowest BCUT2D eigenvalue weighted by Gasteiger charge is -2.12. The van der Waals surface area contributed by atoms with E-state index in [1.165, 1.54) is 28.3 Å². The molecule has 3 aromatic rings. The van der Waals surface area contributed by atoms with Crippen LogP contribution >= 0.6 is 0 Å². The fraction of sp³-hybridized carbons (Fsp3) is 0.412. The van der Waals surface area contributed by atoms with E-state index in [4.69, 9.17) is 4.52 Å². The Balaban J connectivity index is 1.71. The molecule has 29 heavy (non-hydrogen) atoms. The molecule has 154 valence electrons. The smallest absolute Gasteiger partial charge is 0.329 e. The Hall–Kier alpha value is -2.99. The molecule has 12 heteroatoms. The minimum atomic E-state index is -3.70. The van der Waals surface area contributed by atoms with Crippen molar-refractivity contribution in [1.82, 2.24) is 29.3 Å². The Bertz CT molecular complexity index is 1280. The van der Waals surface area contributed by atoms with E-state index in [9.17, 15) is 18.0 Å². The number of sulfonamides is 1. The minimum absolute atomic E-state index is 0.0530. The summed E-state index contributed by atoms with van der Waals surface area (Å²) in [5, 5.41) is 5.96. The highest BCUT2D eigenvalue weighted by Gasteiger charge is 2.41. The highest BCUT2D eigenvalue weighted by atomic mass is 32.2. The van der Waals surface area contributed by atoms with Gasteiger partial charge >= 0.3 is 5.69 Å². The van der Waals surface area contributed by atoms with E-state index in [0.717, 1.165) is 12.8 Å². The van der Waals surface area contributed by atoms with Gasteiger partial charge in [0.05, 0.1) is 15.9 Å². The number of benzene rings is 1. The summed E-state index contributed by atoms with van der Waals surface area (Å²) >= 11 is 0. The first-order valence-corrected chi connectivity index (χ1v) is 10.4. The van der Waals surface area contributed by atoms with Crippen molar-refractivity contribution < 1.29 is 17.7 Å². The van der Waals surface area contributed by atoms with Gasteiger partial charge in [-0.1, -0.05) is 5.16 Å². The largest absolute Gasteiger partial charge is 0.352 e. The molecule has 0 unspecified atom stereocenters. The van der Waals surface area contributed by atoms with E-state index in [1.807, 2.05) is 6.92 Å². The quantitative estimate of drug-likeness (QED) is 0.570. The number of nitrogens with one attached hydrogen (secondary N) is 2. The number of carbonyl (C=O) groups excluding carboxylic acids is 1. The van der Waals surface area contributed by atoms with Gasteiger partial charge in [-0.25, -0.2) is 17.9 Å². The summed E-state index contributed by atoms with van der Waals surface area (Å²) in [5.74, 6) is -0.556. The summed E-state index contributed by atoms with van der Waals surface area (Å²) < 4.78 is 35.8. The molecule has 0 spiro atoms. The molecular weight excluding hydrogens is 400 g/mol. The fourth-order valence-corrected chi connectivity index (χ4v) is 4.52. The zero-order valence-corrected chi connectivity index (χ0v) is 16.9. The van der Waals surface area contributed by atoms with Crippen LogP contribution in [0.5, 0.6) is 0 Å². The van der Waals surface area contributed by atoms with E-state index in [2.05, 4.69) is 20.2 Å². The lowest BCUT2D eigenvalue weighted by Crippen LogP contribution is -2.34. The first kappa shape index (κ1) is 19.3. The van der Waals surface area contributed by atoms with Crippen molar-refractivity contribution in [3.63, 3.8) is 0 Å². The number of nitrogens with zero attached hydrogens (tertiary/aromatic N) is 4. The average Bonchev–Trinajstić information content (AvgIpc) is 3.13. The van der Waals surface area contributed by atoms with Crippen LogP contribution in [-0.4, -0.2) is 46.2 Å². The first-order valence-electron chi connectivity index (χ1n) is 8.91. The molecule has 1 saturated carbocycles. The first-order chi connectivity index (χ1) is 13.6. The molecule has 1 aliphatic rings. The molecular formula is C17H20N6O5S. The number of imidazole rings is 1. The zero-order valence-electron chi connectivity index (χ0n) is 16.1. The molecule has 2 N–H and O–H groups in total. The van der Waals surface area contributed by atoms with Gasteiger partial charge in [-0.3, -0.25) is 13.9 Å². The van der Waals surface area contributed by atoms with Crippen LogP contribution < -0.4 is 15.7 Å². The van der Waals surface area contributed by atoms with Gasteiger partial charge < -0.3 is 9.84 Å². The Labute approximate surface area is 165 Å². The summed E-state index contributed by atoms with van der Waals surface area (Å²) in [6.07, 6.45) is 1.59. The van der Waals surface area contributed by atoms with Crippen molar-refractivity contribution in [2.24, 2.45) is 7.05 Å². The molecule has 1 amide bonds. The van der Waals surface area contributed by atoms with Crippen LogP contribution in [0.2, 0.25) is 0 Å². The Morgan fingerprint density at radius 1 is 1.31 bits per heavy atom. The van der Waals surface area contributed by atoms with E-state index >= 15 is 0 Å². The number of hydrogen-bond donors (Lipinski definition) is 2. The maximum atomic E-state index is 12.7. The van der Waals surface area contributed by atoms with Crippen LogP contribution in [0.25, 0.3) is 11.0 Å². The van der Waals surface area contributed by atoms with E-state index < -0.39 is 21.5 Å². The number of amides is 1. The topological polar surface area (TPSA) is 141 Å². The summed E-state index contributed by atoms with van der Waals surface area (Å²) in [6.45, 7) is 1.80. The summed E-state index contributed by atoms with van der Waals surface area (Å²) in [4.78, 5) is 28.3. The Morgan fingerprint density at radius 2 is 2.03 bits per heavy atom. The van der Waals surface area contributed by atoms with Crippen molar-refractivity contribution in [2.45, 2.75) is 36.7 Å². The number of rotatable bonds is 6. The average molecular weight is 420 g/mol. The highest BCUT2D eigenvalue weighted by Crippen LogP contribution is 2.36. The second kappa shape index (κ2) is 6.52. The second-order valence-corrected chi connectivity index (χ2v) is 9.02. The third-order valence-corrected chi connectivity index (χ3v) is 6.64. The van der Waals surface area contributed by atoms with E-state index in [1.54, 1.807) is 13.1 Å². The Kier molecular flexibility index (Phi) is 4.35. The Morgan fingerprint density at radius 3 is 2.69 bits per heavy atom. The number of fused-ring (bicyclic) bond motifs is 1. The van der Waals surface area contributed by atoms with Gasteiger partial charge in [-0.15, -0.1) is 0 Å². The third-order valence-electron chi connectivity index (χ3n) is 5.00. The fourth-order valence-electron chi connectivity index (χ4n) is 3.04. The van der Waals surface area contributed by atoms with Crippen LogP contribution in [0.3, 0.4) is 0 Å². The molecule has 11 nitrogen and oxygen atoms in total. The van der Waals surface area contributed by atoms with Crippen molar-refractivity contribution in [3.05, 3.63) is 40.4 Å². The van der Waals surface area contributed by atoms with Crippen molar-refractivity contribution in [2.75, 3.05) is 7.05 Å². The lowest BCUT2D eigenvalue weighted by atomic mass is 10.3. The van der Waals surface area contributed by atoms with Gasteiger partial charge in [0, 0.05) is 19.6 Å². The van der Waals surface area contributed by atoms with E-state index in [0.29, 0.717) is 11.0 Å². The van der Waals surface area contributed by atoms with Crippen molar-refractivity contribution >= 4 is 27.0 Å². The molecule has 1 aliphatic carbocycles. The molecule has 4 rings (SSSR count). The van der Waals surface area contributed by atoms with Crippen LogP contribution in [0.15, 0.2) is 32.4 Å². The summed E-state index contributed by atoms with van der Waals surface area (Å²) in [5.41, 5.74) is 0.182. The van der Waals surface area contributed by atoms with Crippen LogP contribution in [-0.2, 0) is 23.6 Å². The summed E-state index contributed by atoms with van der Waals surface area (Å²) in [6, 6.07) is 4.48. The number of hydrogen-bond acceptors (Lipinski definition) is 7. The molecule has 0 radical (unpaired) electrons. The maximum absolute atomic E-state index is 12.7. The number of aromatic nitrogens is 4. The molecule has 0 saturated heterocycles. The third kappa shape index (κ3) is 3.44. The van der Waals surface area contributed by atoms with Crippen molar-refractivity contribution in [1.29, 1.82) is 0 Å². The van der Waals surface area contributed by atoms with Gasteiger partial charge in [0.2, 0.25) is 15.9 Å². The number of carbonyl (C=O) groups is 1. The normalized spacial score (nSPS) is 15.6. The van der Waals surface area contributed by atoms with Crippen LogP contribution in [0.4, 0.5) is 0 Å². The molecule has 2 heterocycles. The molecule has 0 atom stereocenters. The van der Waals surface area contributed by atoms with Gasteiger partial charge in [0.15, 0.2) is 0 Å². The van der Waals surface area contributed by atoms with Crippen molar-refractivity contribution in [3.8, 4) is 0 Å². The van der Waals surface area contributed by atoms with Gasteiger partial charge in [-0.2, -0.15) is 4.98 Å². The van der Waals surface area contributed by atoms with E-state index in [-0.39, 0.29) is 28.8 Å². The molecule has 0 bridgehead atoms. The van der Waals surface area contributed by atoms with Crippen LogP contribution in [0, 0.1) is 0 Å². The predicted octanol–water partition coefficient (Wildman–Crippen LogP) is -0.0383.